The zero-order chi connectivity index (χ0) is 14.7. The van der Waals surface area contributed by atoms with Crippen LogP contribution in [0.1, 0.15) is 28.5 Å². The molecule has 3 N–H and O–H groups in total. The van der Waals surface area contributed by atoms with Gasteiger partial charge in [0, 0.05) is 24.0 Å². The first-order valence-electron chi connectivity index (χ1n) is 6.17. The van der Waals surface area contributed by atoms with Crippen LogP contribution in [-0.4, -0.2) is 22.0 Å². The van der Waals surface area contributed by atoms with Crippen molar-refractivity contribution in [2.24, 2.45) is 0 Å². The van der Waals surface area contributed by atoms with Gasteiger partial charge in [0.1, 0.15) is 0 Å². The molecule has 20 heavy (non-hydrogen) atoms. The average molecular weight is 272 g/mol. The molecule has 0 unspecified atom stereocenters. The van der Waals surface area contributed by atoms with Crippen LogP contribution in [0.4, 0.5) is 11.4 Å². The molecule has 0 spiro atoms. The third kappa shape index (κ3) is 3.03. The summed E-state index contributed by atoms with van der Waals surface area (Å²) < 4.78 is 0. The normalized spacial score (nSPS) is 10.2. The van der Waals surface area contributed by atoms with Crippen molar-refractivity contribution < 1.29 is 9.59 Å². The number of anilines is 2. The smallest absolute Gasteiger partial charge is 0.259 e. The monoisotopic (exact) mass is 272 g/mol. The fourth-order valence-corrected chi connectivity index (χ4v) is 1.85. The summed E-state index contributed by atoms with van der Waals surface area (Å²) in [5.74, 6) is -0.346. The number of nitrogens with zero attached hydrogens (tertiary/aromatic N) is 1. The number of aryl methyl sites for hydroxylation is 2. The summed E-state index contributed by atoms with van der Waals surface area (Å²) in [6, 6.07) is 5.30. The van der Waals surface area contributed by atoms with E-state index >= 15 is 0 Å². The lowest BCUT2D eigenvalue weighted by Crippen LogP contribution is -2.13. The van der Waals surface area contributed by atoms with Gasteiger partial charge in [0.2, 0.25) is 5.91 Å². The Hall–Kier alpha value is -2.63. The first-order valence-corrected chi connectivity index (χ1v) is 6.17. The van der Waals surface area contributed by atoms with Crippen LogP contribution in [0.5, 0.6) is 0 Å². The highest BCUT2D eigenvalue weighted by molar-refractivity contribution is 6.05. The number of aromatic nitrogens is 2. The first kappa shape index (κ1) is 13.8. The number of hydrogen-bond acceptors (Lipinski definition) is 3. The molecule has 1 aromatic heterocycles. The molecule has 104 valence electrons. The highest BCUT2D eigenvalue weighted by Gasteiger charge is 2.11. The number of benzene rings is 1. The standard InChI is InChI=1S/C14H16N4O2/c1-8-6-11(4-5-13(8)16-10(3)19)17-14(20)12-7-15-18-9(12)2/h4-7H,1-3H3,(H,15,18)(H,16,19)(H,17,20). The molecule has 2 amide bonds. The highest BCUT2D eigenvalue weighted by atomic mass is 16.2. The Morgan fingerprint density at radius 1 is 1.20 bits per heavy atom. The van der Waals surface area contributed by atoms with Crippen molar-refractivity contribution in [1.29, 1.82) is 0 Å². The molecular weight excluding hydrogens is 256 g/mol. The van der Waals surface area contributed by atoms with Crippen LogP contribution in [0, 0.1) is 13.8 Å². The molecule has 1 aromatic carbocycles. The van der Waals surface area contributed by atoms with Gasteiger partial charge in [-0.1, -0.05) is 0 Å². The summed E-state index contributed by atoms with van der Waals surface area (Å²) in [6.45, 7) is 5.11. The molecule has 0 aliphatic rings. The van der Waals surface area contributed by atoms with Gasteiger partial charge in [0.25, 0.3) is 5.91 Å². The van der Waals surface area contributed by atoms with Gasteiger partial charge in [-0.05, 0) is 37.6 Å². The number of aromatic amines is 1. The van der Waals surface area contributed by atoms with Crippen molar-refractivity contribution in [3.8, 4) is 0 Å². The van der Waals surface area contributed by atoms with Gasteiger partial charge in [-0.2, -0.15) is 5.10 Å². The second-order valence-corrected chi connectivity index (χ2v) is 4.57. The molecular formula is C14H16N4O2. The van der Waals surface area contributed by atoms with Crippen LogP contribution in [0.15, 0.2) is 24.4 Å². The Kier molecular flexibility index (Phi) is 3.84. The number of rotatable bonds is 3. The zero-order valence-corrected chi connectivity index (χ0v) is 11.6. The summed E-state index contributed by atoms with van der Waals surface area (Å²) in [5, 5.41) is 12.1. The number of hydrogen-bond donors (Lipinski definition) is 3. The first-order chi connectivity index (χ1) is 9.47. The predicted molar refractivity (Wildman–Crippen MR) is 76.8 cm³/mol. The number of carbonyl (C=O) groups excluding carboxylic acids is 2. The van der Waals surface area contributed by atoms with E-state index in [1.807, 2.05) is 6.92 Å². The summed E-state index contributed by atoms with van der Waals surface area (Å²) in [7, 11) is 0. The van der Waals surface area contributed by atoms with E-state index in [2.05, 4.69) is 20.8 Å². The van der Waals surface area contributed by atoms with E-state index in [1.54, 1.807) is 25.1 Å². The lowest BCUT2D eigenvalue weighted by atomic mass is 10.1. The Balaban J connectivity index is 2.15. The third-order valence-corrected chi connectivity index (χ3v) is 2.87. The zero-order valence-electron chi connectivity index (χ0n) is 11.6. The maximum absolute atomic E-state index is 12.0. The fraction of sp³-hybridized carbons (Fsp3) is 0.214. The molecule has 0 saturated carbocycles. The quantitative estimate of drug-likeness (QED) is 0.800. The van der Waals surface area contributed by atoms with Gasteiger partial charge < -0.3 is 10.6 Å². The highest BCUT2D eigenvalue weighted by Crippen LogP contribution is 2.20. The number of amides is 2. The third-order valence-electron chi connectivity index (χ3n) is 2.87. The van der Waals surface area contributed by atoms with Gasteiger partial charge >= 0.3 is 0 Å². The fourth-order valence-electron chi connectivity index (χ4n) is 1.85. The van der Waals surface area contributed by atoms with E-state index in [0.717, 1.165) is 11.3 Å². The van der Waals surface area contributed by atoms with Gasteiger partial charge in [0.15, 0.2) is 0 Å². The van der Waals surface area contributed by atoms with Crippen LogP contribution in [0.25, 0.3) is 0 Å². The van der Waals surface area contributed by atoms with Crippen LogP contribution in [0.2, 0.25) is 0 Å². The van der Waals surface area contributed by atoms with E-state index < -0.39 is 0 Å². The summed E-state index contributed by atoms with van der Waals surface area (Å²) >= 11 is 0. The largest absolute Gasteiger partial charge is 0.326 e. The predicted octanol–water partition coefficient (Wildman–Crippen LogP) is 2.24. The molecule has 6 heteroatoms. The van der Waals surface area contributed by atoms with E-state index in [9.17, 15) is 9.59 Å². The van der Waals surface area contributed by atoms with E-state index in [0.29, 0.717) is 16.9 Å². The van der Waals surface area contributed by atoms with E-state index in [4.69, 9.17) is 0 Å². The van der Waals surface area contributed by atoms with Crippen molar-refractivity contribution in [2.75, 3.05) is 10.6 Å². The average Bonchev–Trinajstić information content (AvgIpc) is 2.78. The maximum atomic E-state index is 12.0. The van der Waals surface area contributed by atoms with Crippen LogP contribution >= 0.6 is 0 Å². The molecule has 0 bridgehead atoms. The Labute approximate surface area is 116 Å². The van der Waals surface area contributed by atoms with E-state index in [-0.39, 0.29) is 11.8 Å². The molecule has 2 aromatic rings. The summed E-state index contributed by atoms with van der Waals surface area (Å²) in [6.07, 6.45) is 1.49. The minimum atomic E-state index is -0.220. The SMILES string of the molecule is CC(=O)Nc1ccc(NC(=O)c2cn[nH]c2C)cc1C. The molecule has 0 saturated heterocycles. The lowest BCUT2D eigenvalue weighted by molar-refractivity contribution is -0.114. The molecule has 2 rings (SSSR count). The summed E-state index contributed by atoms with van der Waals surface area (Å²) in [4.78, 5) is 23.1. The molecule has 0 aliphatic carbocycles. The summed E-state index contributed by atoms with van der Waals surface area (Å²) in [5.41, 5.74) is 3.50. The van der Waals surface area contributed by atoms with E-state index in [1.165, 1.54) is 13.1 Å². The minimum absolute atomic E-state index is 0.126. The van der Waals surface area contributed by atoms with Crippen molar-refractivity contribution in [3.63, 3.8) is 0 Å². The van der Waals surface area contributed by atoms with Crippen molar-refractivity contribution >= 4 is 23.2 Å². The maximum Gasteiger partial charge on any atom is 0.259 e. The topological polar surface area (TPSA) is 86.9 Å². The molecule has 0 radical (unpaired) electrons. The second kappa shape index (κ2) is 5.56. The van der Waals surface area contributed by atoms with Gasteiger partial charge in [-0.15, -0.1) is 0 Å². The minimum Gasteiger partial charge on any atom is -0.326 e. The van der Waals surface area contributed by atoms with Crippen LogP contribution in [0.3, 0.4) is 0 Å². The second-order valence-electron chi connectivity index (χ2n) is 4.57. The molecule has 1 heterocycles. The van der Waals surface area contributed by atoms with Gasteiger partial charge in [-0.3, -0.25) is 14.7 Å². The number of carbonyl (C=O) groups is 2. The molecule has 0 fully saturated rings. The molecule has 6 nitrogen and oxygen atoms in total. The lowest BCUT2D eigenvalue weighted by Gasteiger charge is -2.10. The van der Waals surface area contributed by atoms with Gasteiger partial charge in [-0.25, -0.2) is 0 Å². The van der Waals surface area contributed by atoms with Crippen molar-refractivity contribution in [2.45, 2.75) is 20.8 Å². The molecule has 0 atom stereocenters. The van der Waals surface area contributed by atoms with Crippen molar-refractivity contribution in [3.05, 3.63) is 41.2 Å². The Morgan fingerprint density at radius 2 is 1.95 bits per heavy atom. The Morgan fingerprint density at radius 3 is 2.50 bits per heavy atom. The molecule has 0 aliphatic heterocycles. The number of H-pyrrole nitrogens is 1. The van der Waals surface area contributed by atoms with Crippen LogP contribution in [-0.2, 0) is 4.79 Å². The van der Waals surface area contributed by atoms with Gasteiger partial charge in [0.05, 0.1) is 11.8 Å². The number of nitrogens with one attached hydrogen (secondary N) is 3. The Bertz CT molecular complexity index is 661. The van der Waals surface area contributed by atoms with Crippen molar-refractivity contribution in [1.82, 2.24) is 10.2 Å². The van der Waals surface area contributed by atoms with Crippen LogP contribution < -0.4 is 10.6 Å².